The van der Waals surface area contributed by atoms with Crippen molar-refractivity contribution in [1.29, 1.82) is 0 Å². The molecule has 0 aliphatic heterocycles. The van der Waals surface area contributed by atoms with E-state index >= 15 is 0 Å². The standard InChI is InChI=1S/C14H11ClN2O3/c1-20-14(19)13-12(15)10(16)6-11(17-13)9-4-2-3-8(5-9)7-18/h2-7H,1H3,(H2,16,17). The number of ether oxygens (including phenoxy) is 1. The summed E-state index contributed by atoms with van der Waals surface area (Å²) in [6.45, 7) is 0. The zero-order chi connectivity index (χ0) is 14.7. The normalized spacial score (nSPS) is 10.1. The van der Waals surface area contributed by atoms with Crippen molar-refractivity contribution in [2.45, 2.75) is 0 Å². The van der Waals surface area contributed by atoms with Crippen LogP contribution in [0.3, 0.4) is 0 Å². The Bertz CT molecular complexity index is 686. The summed E-state index contributed by atoms with van der Waals surface area (Å²) in [4.78, 5) is 26.6. The molecule has 0 spiro atoms. The van der Waals surface area contributed by atoms with E-state index in [1.54, 1.807) is 30.3 Å². The molecule has 2 aromatic rings. The van der Waals surface area contributed by atoms with Crippen molar-refractivity contribution in [1.82, 2.24) is 4.98 Å². The lowest BCUT2D eigenvalue weighted by Gasteiger charge is -2.08. The minimum Gasteiger partial charge on any atom is -0.464 e. The van der Waals surface area contributed by atoms with Crippen molar-refractivity contribution in [3.05, 3.63) is 46.6 Å². The molecule has 0 unspecified atom stereocenters. The Hall–Kier alpha value is -2.40. The number of nitrogens with two attached hydrogens (primary N) is 1. The highest BCUT2D eigenvalue weighted by Crippen LogP contribution is 2.28. The number of aromatic nitrogens is 1. The molecule has 102 valence electrons. The molecule has 1 aromatic carbocycles. The summed E-state index contributed by atoms with van der Waals surface area (Å²) in [6, 6.07) is 8.31. The Kier molecular flexibility index (Phi) is 4.00. The summed E-state index contributed by atoms with van der Waals surface area (Å²) in [6.07, 6.45) is 0.726. The third-order valence-corrected chi connectivity index (χ3v) is 3.08. The fourth-order valence-corrected chi connectivity index (χ4v) is 1.87. The number of hydrogen-bond donors (Lipinski definition) is 1. The zero-order valence-electron chi connectivity index (χ0n) is 10.6. The van der Waals surface area contributed by atoms with Crippen LogP contribution in [0, 0.1) is 0 Å². The number of anilines is 1. The van der Waals surface area contributed by atoms with Gasteiger partial charge in [0.1, 0.15) is 6.29 Å². The molecule has 5 nitrogen and oxygen atoms in total. The monoisotopic (exact) mass is 290 g/mol. The molecule has 0 radical (unpaired) electrons. The van der Waals surface area contributed by atoms with Gasteiger partial charge in [0.05, 0.1) is 23.5 Å². The molecular formula is C14H11ClN2O3. The van der Waals surface area contributed by atoms with Gasteiger partial charge in [-0.1, -0.05) is 29.8 Å². The number of rotatable bonds is 3. The van der Waals surface area contributed by atoms with Gasteiger partial charge in [0.2, 0.25) is 0 Å². The number of nitrogens with zero attached hydrogens (tertiary/aromatic N) is 1. The number of halogens is 1. The first kappa shape index (κ1) is 14.0. The van der Waals surface area contributed by atoms with E-state index in [9.17, 15) is 9.59 Å². The minimum atomic E-state index is -0.671. The first-order valence-corrected chi connectivity index (χ1v) is 6.04. The Balaban J connectivity index is 2.60. The molecule has 0 amide bonds. The second-order valence-electron chi connectivity index (χ2n) is 3.99. The molecule has 0 atom stereocenters. The lowest BCUT2D eigenvalue weighted by Crippen LogP contribution is -2.08. The third-order valence-electron chi connectivity index (χ3n) is 2.68. The average Bonchev–Trinajstić information content (AvgIpc) is 2.49. The summed E-state index contributed by atoms with van der Waals surface area (Å²) < 4.78 is 4.61. The summed E-state index contributed by atoms with van der Waals surface area (Å²) in [7, 11) is 1.23. The first-order chi connectivity index (χ1) is 9.56. The largest absolute Gasteiger partial charge is 0.464 e. The van der Waals surface area contributed by atoms with E-state index in [1.807, 2.05) is 0 Å². The lowest BCUT2D eigenvalue weighted by atomic mass is 10.1. The number of methoxy groups -OCH3 is 1. The fraction of sp³-hybridized carbons (Fsp3) is 0.0714. The maximum Gasteiger partial charge on any atom is 0.358 e. The molecule has 0 fully saturated rings. The van der Waals surface area contributed by atoms with Crippen molar-refractivity contribution >= 4 is 29.5 Å². The van der Waals surface area contributed by atoms with Crippen LogP contribution in [-0.2, 0) is 4.74 Å². The molecule has 1 aromatic heterocycles. The fourth-order valence-electron chi connectivity index (χ4n) is 1.70. The maximum absolute atomic E-state index is 11.6. The van der Waals surface area contributed by atoms with Gasteiger partial charge < -0.3 is 10.5 Å². The molecular weight excluding hydrogens is 280 g/mol. The van der Waals surface area contributed by atoms with Gasteiger partial charge in [0.15, 0.2) is 5.69 Å². The van der Waals surface area contributed by atoms with Gasteiger partial charge in [-0.15, -0.1) is 0 Å². The molecule has 0 saturated heterocycles. The zero-order valence-corrected chi connectivity index (χ0v) is 11.3. The Morgan fingerprint density at radius 3 is 2.80 bits per heavy atom. The minimum absolute atomic E-state index is 0.0483. The van der Waals surface area contributed by atoms with Crippen LogP contribution in [0.2, 0.25) is 5.02 Å². The van der Waals surface area contributed by atoms with Gasteiger partial charge in [-0.05, 0) is 12.1 Å². The number of aldehydes is 1. The van der Waals surface area contributed by atoms with Crippen LogP contribution in [-0.4, -0.2) is 24.3 Å². The van der Waals surface area contributed by atoms with Gasteiger partial charge in [-0.2, -0.15) is 0 Å². The van der Waals surface area contributed by atoms with Crippen molar-refractivity contribution < 1.29 is 14.3 Å². The second kappa shape index (κ2) is 5.71. The Morgan fingerprint density at radius 2 is 2.15 bits per heavy atom. The van der Waals surface area contributed by atoms with Crippen molar-refractivity contribution in [2.75, 3.05) is 12.8 Å². The SMILES string of the molecule is COC(=O)c1nc(-c2cccc(C=O)c2)cc(N)c1Cl. The maximum atomic E-state index is 11.6. The number of pyridine rings is 1. The summed E-state index contributed by atoms with van der Waals surface area (Å²) in [5.41, 5.74) is 7.53. The van der Waals surface area contributed by atoms with Crippen LogP contribution in [0.15, 0.2) is 30.3 Å². The van der Waals surface area contributed by atoms with Crippen LogP contribution in [0.25, 0.3) is 11.3 Å². The van der Waals surface area contributed by atoms with Crippen LogP contribution >= 0.6 is 11.6 Å². The highest BCUT2D eigenvalue weighted by Gasteiger charge is 2.17. The van der Waals surface area contributed by atoms with E-state index in [4.69, 9.17) is 17.3 Å². The number of hydrogen-bond acceptors (Lipinski definition) is 5. The molecule has 20 heavy (non-hydrogen) atoms. The molecule has 0 aliphatic rings. The Labute approximate surface area is 120 Å². The topological polar surface area (TPSA) is 82.3 Å². The highest BCUT2D eigenvalue weighted by atomic mass is 35.5. The number of carbonyl (C=O) groups is 2. The number of esters is 1. The van der Waals surface area contributed by atoms with Crippen LogP contribution in [0.5, 0.6) is 0 Å². The van der Waals surface area contributed by atoms with E-state index in [1.165, 1.54) is 7.11 Å². The third kappa shape index (κ3) is 2.62. The van der Waals surface area contributed by atoms with Crippen LogP contribution in [0.4, 0.5) is 5.69 Å². The smallest absolute Gasteiger partial charge is 0.358 e. The van der Waals surface area contributed by atoms with Gasteiger partial charge in [-0.3, -0.25) is 4.79 Å². The van der Waals surface area contributed by atoms with Crippen LogP contribution in [0.1, 0.15) is 20.8 Å². The number of carbonyl (C=O) groups excluding carboxylic acids is 2. The van der Waals surface area contributed by atoms with Crippen molar-refractivity contribution in [3.63, 3.8) is 0 Å². The second-order valence-corrected chi connectivity index (χ2v) is 4.37. The van der Waals surface area contributed by atoms with Gasteiger partial charge in [0.25, 0.3) is 0 Å². The van der Waals surface area contributed by atoms with E-state index in [2.05, 4.69) is 9.72 Å². The summed E-state index contributed by atoms with van der Waals surface area (Å²) in [5.74, 6) is -0.671. The first-order valence-electron chi connectivity index (χ1n) is 5.66. The van der Waals surface area contributed by atoms with Gasteiger partial charge in [0, 0.05) is 11.1 Å². The van der Waals surface area contributed by atoms with E-state index in [0.29, 0.717) is 16.8 Å². The Morgan fingerprint density at radius 1 is 1.40 bits per heavy atom. The predicted molar refractivity (Wildman–Crippen MR) is 75.8 cm³/mol. The molecule has 2 rings (SSSR count). The molecule has 1 heterocycles. The molecule has 0 bridgehead atoms. The van der Waals surface area contributed by atoms with E-state index < -0.39 is 5.97 Å². The van der Waals surface area contributed by atoms with Crippen molar-refractivity contribution in [2.24, 2.45) is 0 Å². The molecule has 6 heteroatoms. The molecule has 0 saturated carbocycles. The lowest BCUT2D eigenvalue weighted by molar-refractivity contribution is 0.0594. The summed E-state index contributed by atoms with van der Waals surface area (Å²) >= 11 is 5.94. The van der Waals surface area contributed by atoms with Gasteiger partial charge in [-0.25, -0.2) is 9.78 Å². The molecule has 2 N–H and O–H groups in total. The quantitative estimate of drug-likeness (QED) is 0.694. The number of nitrogen functional groups attached to an aromatic ring is 1. The van der Waals surface area contributed by atoms with E-state index in [0.717, 1.165) is 6.29 Å². The summed E-state index contributed by atoms with van der Waals surface area (Å²) in [5, 5.41) is 0.0483. The number of benzene rings is 1. The highest BCUT2D eigenvalue weighted by molar-refractivity contribution is 6.35. The van der Waals surface area contributed by atoms with Crippen LogP contribution < -0.4 is 5.73 Å². The van der Waals surface area contributed by atoms with E-state index in [-0.39, 0.29) is 16.4 Å². The predicted octanol–water partition coefficient (Wildman–Crippen LogP) is 2.58. The van der Waals surface area contributed by atoms with Crippen molar-refractivity contribution in [3.8, 4) is 11.3 Å². The van der Waals surface area contributed by atoms with Gasteiger partial charge >= 0.3 is 5.97 Å². The average molecular weight is 291 g/mol. The molecule has 0 aliphatic carbocycles.